The van der Waals surface area contributed by atoms with Gasteiger partial charge in [-0.1, -0.05) is 6.92 Å². The quantitative estimate of drug-likeness (QED) is 0.830. The van der Waals surface area contributed by atoms with Crippen molar-refractivity contribution in [1.82, 2.24) is 19.2 Å². The van der Waals surface area contributed by atoms with Crippen LogP contribution in [0.4, 0.5) is 0 Å². The number of hydrogen-bond acceptors (Lipinski definition) is 3. The summed E-state index contributed by atoms with van der Waals surface area (Å²) in [4.78, 5) is 21.2. The summed E-state index contributed by atoms with van der Waals surface area (Å²) in [7, 11) is 0. The molecule has 2 aromatic heterocycles. The number of likely N-dealkylation sites (N-methyl/N-ethyl adjacent to an activating group) is 1. The molecule has 20 heavy (non-hydrogen) atoms. The number of aryl methyl sites for hydroxylation is 1. The molecule has 5 nitrogen and oxygen atoms in total. The van der Waals surface area contributed by atoms with E-state index in [4.69, 9.17) is 0 Å². The molecule has 0 unspecified atom stereocenters. The van der Waals surface area contributed by atoms with Crippen LogP contribution in [0.2, 0.25) is 0 Å². The number of imidazole rings is 1. The van der Waals surface area contributed by atoms with Gasteiger partial charge in [0.2, 0.25) is 0 Å². The van der Waals surface area contributed by atoms with Crippen LogP contribution in [-0.2, 0) is 0 Å². The monoisotopic (exact) mass is 272 g/mol. The summed E-state index contributed by atoms with van der Waals surface area (Å²) in [5, 5.41) is 0. The van der Waals surface area contributed by atoms with Crippen molar-refractivity contribution in [3.8, 4) is 0 Å². The highest BCUT2D eigenvalue weighted by atomic mass is 16.2. The Bertz CT molecular complexity index is 626. The van der Waals surface area contributed by atoms with Crippen molar-refractivity contribution < 1.29 is 4.79 Å². The Kier molecular flexibility index (Phi) is 3.44. The molecule has 0 aliphatic carbocycles. The molecule has 106 valence electrons. The first-order chi connectivity index (χ1) is 9.67. The number of fused-ring (bicyclic) bond motifs is 1. The van der Waals surface area contributed by atoms with E-state index in [9.17, 15) is 4.79 Å². The maximum absolute atomic E-state index is 12.5. The third kappa shape index (κ3) is 2.41. The second-order valence-corrected chi connectivity index (χ2v) is 5.32. The lowest BCUT2D eigenvalue weighted by Gasteiger charge is -2.33. The second kappa shape index (κ2) is 5.25. The Labute approximate surface area is 118 Å². The third-order valence-electron chi connectivity index (χ3n) is 3.94. The molecule has 0 atom stereocenters. The summed E-state index contributed by atoms with van der Waals surface area (Å²) in [6, 6.07) is 4.01. The van der Waals surface area contributed by atoms with Gasteiger partial charge in [-0.05, 0) is 31.2 Å². The van der Waals surface area contributed by atoms with Gasteiger partial charge in [0.1, 0.15) is 11.3 Å². The van der Waals surface area contributed by atoms with E-state index >= 15 is 0 Å². The minimum atomic E-state index is 0.0436. The minimum absolute atomic E-state index is 0.0436. The molecule has 1 aliphatic rings. The molecule has 1 aliphatic heterocycles. The molecule has 0 aromatic carbocycles. The lowest BCUT2D eigenvalue weighted by molar-refractivity contribution is 0.0638. The average molecular weight is 272 g/mol. The number of carbonyl (C=O) groups is 1. The first-order valence-electron chi connectivity index (χ1n) is 7.14. The molecular formula is C15H20N4O. The van der Waals surface area contributed by atoms with Crippen LogP contribution in [-0.4, -0.2) is 57.8 Å². The highest BCUT2D eigenvalue weighted by Gasteiger charge is 2.23. The lowest BCUT2D eigenvalue weighted by Crippen LogP contribution is -2.48. The van der Waals surface area contributed by atoms with Crippen molar-refractivity contribution in [3.05, 3.63) is 35.8 Å². The van der Waals surface area contributed by atoms with Gasteiger partial charge >= 0.3 is 0 Å². The molecule has 0 bridgehead atoms. The predicted octanol–water partition coefficient (Wildman–Crippen LogP) is 1.42. The number of rotatable bonds is 2. The Morgan fingerprint density at radius 2 is 2.05 bits per heavy atom. The van der Waals surface area contributed by atoms with E-state index in [0.29, 0.717) is 5.69 Å². The summed E-state index contributed by atoms with van der Waals surface area (Å²) < 4.78 is 1.91. The van der Waals surface area contributed by atoms with E-state index in [1.807, 2.05) is 40.8 Å². The molecule has 1 fully saturated rings. The first-order valence-corrected chi connectivity index (χ1v) is 7.14. The highest BCUT2D eigenvalue weighted by molar-refractivity contribution is 5.93. The number of carbonyl (C=O) groups excluding carboxylic acids is 1. The normalized spacial score (nSPS) is 16.8. The van der Waals surface area contributed by atoms with Crippen LogP contribution in [0.3, 0.4) is 0 Å². The Balaban J connectivity index is 1.79. The number of hydrogen-bond donors (Lipinski definition) is 0. The van der Waals surface area contributed by atoms with Crippen LogP contribution in [0, 0.1) is 6.92 Å². The number of nitrogens with zero attached hydrogens (tertiary/aromatic N) is 4. The van der Waals surface area contributed by atoms with Crippen LogP contribution >= 0.6 is 0 Å². The van der Waals surface area contributed by atoms with E-state index in [0.717, 1.165) is 43.9 Å². The van der Waals surface area contributed by atoms with Crippen molar-refractivity contribution in [2.45, 2.75) is 13.8 Å². The van der Waals surface area contributed by atoms with Gasteiger partial charge in [-0.3, -0.25) is 4.79 Å². The summed E-state index contributed by atoms with van der Waals surface area (Å²) in [6.07, 6.45) is 3.77. The van der Waals surface area contributed by atoms with Crippen LogP contribution in [0.1, 0.15) is 23.0 Å². The average Bonchev–Trinajstić information content (AvgIpc) is 2.89. The summed E-state index contributed by atoms with van der Waals surface area (Å²) >= 11 is 0. The highest BCUT2D eigenvalue weighted by Crippen LogP contribution is 2.11. The van der Waals surface area contributed by atoms with Crippen molar-refractivity contribution >= 4 is 11.6 Å². The topological polar surface area (TPSA) is 40.9 Å². The predicted molar refractivity (Wildman–Crippen MR) is 77.9 cm³/mol. The number of piperazine rings is 1. The van der Waals surface area contributed by atoms with Gasteiger partial charge < -0.3 is 14.2 Å². The van der Waals surface area contributed by atoms with E-state index < -0.39 is 0 Å². The summed E-state index contributed by atoms with van der Waals surface area (Å²) in [5.74, 6) is 0.0436. The number of amides is 1. The Morgan fingerprint density at radius 3 is 2.75 bits per heavy atom. The van der Waals surface area contributed by atoms with E-state index in [-0.39, 0.29) is 5.91 Å². The molecule has 0 saturated carbocycles. The smallest absolute Gasteiger partial charge is 0.274 e. The molecule has 3 rings (SSSR count). The minimum Gasteiger partial charge on any atom is -0.335 e. The molecule has 5 heteroatoms. The zero-order valence-electron chi connectivity index (χ0n) is 12.0. The molecule has 3 heterocycles. The van der Waals surface area contributed by atoms with Crippen molar-refractivity contribution in [2.75, 3.05) is 32.7 Å². The van der Waals surface area contributed by atoms with E-state index in [1.165, 1.54) is 0 Å². The third-order valence-corrected chi connectivity index (χ3v) is 3.94. The molecule has 2 aromatic rings. The second-order valence-electron chi connectivity index (χ2n) is 5.32. The Morgan fingerprint density at radius 1 is 1.30 bits per heavy atom. The maximum atomic E-state index is 12.5. The fourth-order valence-corrected chi connectivity index (χ4v) is 2.62. The van der Waals surface area contributed by atoms with Crippen LogP contribution in [0.25, 0.3) is 5.65 Å². The molecule has 1 saturated heterocycles. The van der Waals surface area contributed by atoms with Crippen molar-refractivity contribution in [2.24, 2.45) is 0 Å². The Hall–Kier alpha value is -1.88. The molecular weight excluding hydrogens is 252 g/mol. The van der Waals surface area contributed by atoms with Crippen molar-refractivity contribution in [1.29, 1.82) is 0 Å². The van der Waals surface area contributed by atoms with Gasteiger partial charge in [-0.2, -0.15) is 0 Å². The summed E-state index contributed by atoms with van der Waals surface area (Å²) in [6.45, 7) is 8.72. The van der Waals surface area contributed by atoms with Crippen LogP contribution < -0.4 is 0 Å². The lowest BCUT2D eigenvalue weighted by atomic mass is 10.3. The van der Waals surface area contributed by atoms with Gasteiger partial charge in [0, 0.05) is 38.6 Å². The molecule has 1 amide bonds. The van der Waals surface area contributed by atoms with Gasteiger partial charge in [0.15, 0.2) is 0 Å². The fourth-order valence-electron chi connectivity index (χ4n) is 2.62. The van der Waals surface area contributed by atoms with Gasteiger partial charge in [-0.15, -0.1) is 0 Å². The molecule has 0 spiro atoms. The summed E-state index contributed by atoms with van der Waals surface area (Å²) in [5.41, 5.74) is 2.53. The largest absolute Gasteiger partial charge is 0.335 e. The van der Waals surface area contributed by atoms with Gasteiger partial charge in [0.25, 0.3) is 5.91 Å². The maximum Gasteiger partial charge on any atom is 0.274 e. The van der Waals surface area contributed by atoms with Gasteiger partial charge in [-0.25, -0.2) is 4.98 Å². The number of aromatic nitrogens is 2. The SMILES string of the molecule is CCN1CCN(C(=O)c2cn3ccc(C)cc3n2)CC1. The zero-order chi connectivity index (χ0) is 14.1. The van der Waals surface area contributed by atoms with Gasteiger partial charge in [0.05, 0.1) is 0 Å². The molecule has 0 radical (unpaired) electrons. The van der Waals surface area contributed by atoms with E-state index in [2.05, 4.69) is 16.8 Å². The van der Waals surface area contributed by atoms with Crippen LogP contribution in [0.15, 0.2) is 24.5 Å². The first kappa shape index (κ1) is 13.1. The zero-order valence-corrected chi connectivity index (χ0v) is 12.0. The van der Waals surface area contributed by atoms with E-state index in [1.54, 1.807) is 0 Å². The van der Waals surface area contributed by atoms with Crippen LogP contribution in [0.5, 0.6) is 0 Å². The fraction of sp³-hybridized carbons (Fsp3) is 0.467. The number of pyridine rings is 1. The standard InChI is InChI=1S/C15H20N4O/c1-3-17-6-8-18(9-7-17)15(20)13-11-19-5-4-12(2)10-14(19)16-13/h4-5,10-11H,3,6-9H2,1-2H3. The molecule has 0 N–H and O–H groups in total. The van der Waals surface area contributed by atoms with Crippen molar-refractivity contribution in [3.63, 3.8) is 0 Å².